The molecule has 0 radical (unpaired) electrons. The molecule has 0 saturated carbocycles. The molecular weight excluding hydrogens is 438 g/mol. The summed E-state index contributed by atoms with van der Waals surface area (Å²) < 4.78 is 38.8. The van der Waals surface area contributed by atoms with Crippen LogP contribution in [0.25, 0.3) is 22.6 Å². The summed E-state index contributed by atoms with van der Waals surface area (Å²) >= 11 is 0. The molecular formula is C20H25N5O4S2. The lowest BCUT2D eigenvalue weighted by Gasteiger charge is -2.13. The molecule has 3 N–H and O–H groups in total. The Bertz CT molecular complexity index is 1170. The van der Waals surface area contributed by atoms with Crippen molar-refractivity contribution in [3.63, 3.8) is 0 Å². The highest BCUT2D eigenvalue weighted by molar-refractivity contribution is 7.89. The molecule has 3 heterocycles. The van der Waals surface area contributed by atoms with E-state index in [-0.39, 0.29) is 36.0 Å². The number of hydrogen-bond acceptors (Lipinski definition) is 8. The predicted molar refractivity (Wildman–Crippen MR) is 121 cm³/mol. The molecule has 1 atom stereocenters. The van der Waals surface area contributed by atoms with Gasteiger partial charge in [0.05, 0.1) is 17.1 Å². The van der Waals surface area contributed by atoms with Gasteiger partial charge in [-0.15, -0.1) is 0 Å². The molecule has 31 heavy (non-hydrogen) atoms. The number of nitrogens with one attached hydrogen (secondary N) is 1. The van der Waals surface area contributed by atoms with Gasteiger partial charge in [0.1, 0.15) is 5.82 Å². The molecule has 4 rings (SSSR count). The average Bonchev–Trinajstić information content (AvgIpc) is 3.39. The number of ether oxygens (including phenoxy) is 1. The molecule has 1 aromatic carbocycles. The highest BCUT2D eigenvalue weighted by Gasteiger charge is 2.21. The first-order valence-corrected chi connectivity index (χ1v) is 11.1. The Kier molecular flexibility index (Phi) is 6.99. The first kappa shape index (κ1) is 23.2. The van der Waals surface area contributed by atoms with Crippen molar-refractivity contribution in [3.05, 3.63) is 41.9 Å². The molecule has 11 heteroatoms. The summed E-state index contributed by atoms with van der Waals surface area (Å²) in [5.41, 5.74) is 8.82. The second-order valence-electron chi connectivity index (χ2n) is 7.36. The van der Waals surface area contributed by atoms with E-state index >= 15 is 0 Å². The van der Waals surface area contributed by atoms with Crippen LogP contribution < -0.4 is 10.5 Å². The van der Waals surface area contributed by atoms with Gasteiger partial charge < -0.3 is 15.0 Å². The maximum Gasteiger partial charge on any atom is 0.261 e. The van der Waals surface area contributed by atoms with E-state index < -0.39 is 10.0 Å². The van der Waals surface area contributed by atoms with E-state index in [1.807, 2.05) is 6.92 Å². The van der Waals surface area contributed by atoms with Gasteiger partial charge in [0.2, 0.25) is 10.0 Å². The zero-order chi connectivity index (χ0) is 21.3. The fourth-order valence-corrected chi connectivity index (χ4v) is 4.48. The zero-order valence-electron chi connectivity index (χ0n) is 17.3. The topological polar surface area (TPSA) is 133 Å². The van der Waals surface area contributed by atoms with Crippen molar-refractivity contribution < 1.29 is 17.7 Å². The molecule has 9 nitrogen and oxygen atoms in total. The van der Waals surface area contributed by atoms with Crippen LogP contribution in [0.1, 0.15) is 17.8 Å². The molecule has 1 fully saturated rings. The van der Waals surface area contributed by atoms with Gasteiger partial charge in [0, 0.05) is 24.9 Å². The van der Waals surface area contributed by atoms with Crippen molar-refractivity contribution in [3.8, 4) is 22.6 Å². The van der Waals surface area contributed by atoms with Crippen LogP contribution in [0.2, 0.25) is 0 Å². The fourth-order valence-electron chi connectivity index (χ4n) is 3.33. The molecule has 2 aromatic heterocycles. The normalized spacial score (nSPS) is 16.3. The number of aryl methyl sites for hydroxylation is 2. The standard InChI is InChI=1S/C20H23N5O4S.H2S/c1-12-3-4-16(30(26,27)23-9-14-5-6-28-11-14)8-17(12)15-7-18(19(21)22-10-15)20-24-13(2)25-29-20;/h3-4,7-8,10,14,23H,5-6,9,11H2,1-2H3,(H2,21,22);1H2/t14-;/m0./s1. The van der Waals surface area contributed by atoms with E-state index in [0.717, 1.165) is 17.5 Å². The van der Waals surface area contributed by atoms with Gasteiger partial charge in [-0.05, 0) is 55.5 Å². The smallest absolute Gasteiger partial charge is 0.261 e. The Balaban J connectivity index is 0.00000272. The van der Waals surface area contributed by atoms with Gasteiger partial charge in [-0.25, -0.2) is 18.1 Å². The summed E-state index contributed by atoms with van der Waals surface area (Å²) in [6.45, 7) is 5.23. The molecule has 1 aliphatic rings. The molecule has 0 aliphatic carbocycles. The molecule has 1 saturated heterocycles. The zero-order valence-corrected chi connectivity index (χ0v) is 19.1. The quantitative estimate of drug-likeness (QED) is 0.569. The van der Waals surface area contributed by atoms with E-state index in [9.17, 15) is 8.42 Å². The SMILES string of the molecule is Cc1noc(-c2cc(-c3cc(S(=O)(=O)NC[C@@H]4CCOC4)ccc3C)cnc2N)n1.S. The highest BCUT2D eigenvalue weighted by Crippen LogP contribution is 2.31. The summed E-state index contributed by atoms with van der Waals surface area (Å²) in [4.78, 5) is 8.63. The Labute approximate surface area is 187 Å². The summed E-state index contributed by atoms with van der Waals surface area (Å²) in [7, 11) is -3.65. The monoisotopic (exact) mass is 463 g/mol. The molecule has 0 unspecified atom stereocenters. The minimum Gasteiger partial charge on any atom is -0.383 e. The van der Waals surface area contributed by atoms with Crippen molar-refractivity contribution in [2.24, 2.45) is 5.92 Å². The van der Waals surface area contributed by atoms with Crippen LogP contribution in [0, 0.1) is 19.8 Å². The van der Waals surface area contributed by atoms with Crippen LogP contribution in [0.5, 0.6) is 0 Å². The van der Waals surface area contributed by atoms with E-state index in [1.165, 1.54) is 0 Å². The summed E-state index contributed by atoms with van der Waals surface area (Å²) in [5.74, 6) is 1.20. The van der Waals surface area contributed by atoms with Crippen LogP contribution in [0.3, 0.4) is 0 Å². The number of sulfonamides is 1. The third-order valence-corrected chi connectivity index (χ3v) is 6.51. The second-order valence-corrected chi connectivity index (χ2v) is 9.13. The number of nitrogen functional groups attached to an aromatic ring is 1. The third kappa shape index (κ3) is 5.06. The third-order valence-electron chi connectivity index (χ3n) is 5.09. The average molecular weight is 464 g/mol. The number of pyridine rings is 1. The molecule has 0 bridgehead atoms. The van der Waals surface area contributed by atoms with Crippen molar-refractivity contribution in [2.45, 2.75) is 25.2 Å². The van der Waals surface area contributed by atoms with Gasteiger partial charge >= 0.3 is 0 Å². The summed E-state index contributed by atoms with van der Waals surface area (Å²) in [5, 5.41) is 3.79. The molecule has 1 aliphatic heterocycles. The second kappa shape index (κ2) is 9.35. The Morgan fingerprint density at radius 1 is 1.23 bits per heavy atom. The lowest BCUT2D eigenvalue weighted by Crippen LogP contribution is -2.29. The summed E-state index contributed by atoms with van der Waals surface area (Å²) in [6.07, 6.45) is 2.46. The van der Waals surface area contributed by atoms with Gasteiger partial charge in [-0.2, -0.15) is 18.5 Å². The number of nitrogens with zero attached hydrogens (tertiary/aromatic N) is 3. The van der Waals surface area contributed by atoms with Crippen LogP contribution in [0.15, 0.2) is 39.9 Å². The van der Waals surface area contributed by atoms with Crippen molar-refractivity contribution in [1.29, 1.82) is 0 Å². The van der Waals surface area contributed by atoms with E-state index in [2.05, 4.69) is 19.8 Å². The van der Waals surface area contributed by atoms with Crippen molar-refractivity contribution in [2.75, 3.05) is 25.5 Å². The number of anilines is 1. The number of nitrogens with two attached hydrogens (primary N) is 1. The van der Waals surface area contributed by atoms with Gasteiger partial charge in [0.25, 0.3) is 5.89 Å². The molecule has 0 spiro atoms. The Hall–Kier alpha value is -2.47. The van der Waals surface area contributed by atoms with E-state index in [0.29, 0.717) is 36.7 Å². The predicted octanol–water partition coefficient (Wildman–Crippen LogP) is 2.43. The van der Waals surface area contributed by atoms with Crippen molar-refractivity contribution >= 4 is 29.3 Å². The van der Waals surface area contributed by atoms with Gasteiger partial charge in [-0.3, -0.25) is 0 Å². The number of hydrogen-bond donors (Lipinski definition) is 2. The lowest BCUT2D eigenvalue weighted by atomic mass is 10.0. The number of rotatable bonds is 6. The first-order chi connectivity index (χ1) is 14.3. The Morgan fingerprint density at radius 3 is 2.71 bits per heavy atom. The van der Waals surface area contributed by atoms with Crippen LogP contribution >= 0.6 is 13.5 Å². The minimum absolute atomic E-state index is 0. The fraction of sp³-hybridized carbons (Fsp3) is 0.350. The van der Waals surface area contributed by atoms with E-state index in [1.54, 1.807) is 37.4 Å². The Morgan fingerprint density at radius 2 is 2.03 bits per heavy atom. The number of benzene rings is 1. The highest BCUT2D eigenvalue weighted by atomic mass is 32.2. The van der Waals surface area contributed by atoms with Crippen LogP contribution in [0.4, 0.5) is 5.82 Å². The largest absolute Gasteiger partial charge is 0.383 e. The van der Waals surface area contributed by atoms with Crippen LogP contribution in [-0.2, 0) is 14.8 Å². The number of aromatic nitrogens is 3. The van der Waals surface area contributed by atoms with Crippen LogP contribution in [-0.4, -0.2) is 43.3 Å². The molecule has 3 aromatic rings. The maximum atomic E-state index is 12.8. The molecule has 0 amide bonds. The first-order valence-electron chi connectivity index (χ1n) is 9.58. The van der Waals surface area contributed by atoms with Crippen molar-refractivity contribution in [1.82, 2.24) is 19.8 Å². The minimum atomic E-state index is -3.65. The van der Waals surface area contributed by atoms with Gasteiger partial charge in [-0.1, -0.05) is 11.2 Å². The maximum absolute atomic E-state index is 12.8. The summed E-state index contributed by atoms with van der Waals surface area (Å²) in [6, 6.07) is 6.78. The van der Waals surface area contributed by atoms with Gasteiger partial charge in [0.15, 0.2) is 5.82 Å². The lowest BCUT2D eigenvalue weighted by molar-refractivity contribution is 0.186. The van der Waals surface area contributed by atoms with E-state index in [4.69, 9.17) is 15.0 Å². The molecule has 166 valence electrons.